The van der Waals surface area contributed by atoms with E-state index in [0.717, 1.165) is 11.4 Å². The van der Waals surface area contributed by atoms with E-state index in [9.17, 15) is 0 Å². The first-order valence-corrected chi connectivity index (χ1v) is 5.12. The minimum atomic E-state index is 0.703. The molecule has 16 heavy (non-hydrogen) atoms. The topological polar surface area (TPSA) is 51.3 Å². The largest absolute Gasteiger partial charge is 0.323 e. The average Bonchev–Trinajstić information content (AvgIpc) is 2.38. The Bertz CT molecular complexity index is 463. The number of nitrogens with zero attached hydrogens (tertiary/aromatic N) is 2. The molecule has 0 unspecified atom stereocenters. The maximum absolute atomic E-state index is 5.40. The number of hydrogen-bond donors (Lipinski definition) is 1. The molecule has 1 heterocycles. The van der Waals surface area contributed by atoms with E-state index >= 15 is 0 Å². The molecule has 3 nitrogen and oxygen atoms in total. The van der Waals surface area contributed by atoms with Crippen LogP contribution < -0.4 is 5.84 Å². The van der Waals surface area contributed by atoms with Crippen LogP contribution in [0, 0.1) is 0 Å². The Hall–Kier alpha value is -2.16. The fourth-order valence-electron chi connectivity index (χ4n) is 1.53. The number of benzene rings is 1. The molecule has 0 saturated carbocycles. The standard InChI is InChI=1S/C13H13N3/c14-16-13(12-8-4-5-9-15-12)10-11-6-2-1-3-7-11/h1-9H,10,14H2. The molecule has 3 heteroatoms. The highest BCUT2D eigenvalue weighted by Gasteiger charge is 2.05. The predicted molar refractivity (Wildman–Crippen MR) is 65.1 cm³/mol. The van der Waals surface area contributed by atoms with Crippen molar-refractivity contribution in [1.29, 1.82) is 0 Å². The van der Waals surface area contributed by atoms with Crippen LogP contribution in [-0.4, -0.2) is 10.7 Å². The van der Waals surface area contributed by atoms with E-state index in [0.29, 0.717) is 6.42 Å². The number of hydrogen-bond acceptors (Lipinski definition) is 3. The van der Waals surface area contributed by atoms with Gasteiger partial charge >= 0.3 is 0 Å². The Balaban J connectivity index is 2.20. The average molecular weight is 211 g/mol. The fourth-order valence-corrected chi connectivity index (χ4v) is 1.53. The van der Waals surface area contributed by atoms with Crippen molar-refractivity contribution in [2.75, 3.05) is 0 Å². The summed E-state index contributed by atoms with van der Waals surface area (Å²) in [5, 5.41) is 3.81. The van der Waals surface area contributed by atoms with Gasteiger partial charge in [0.25, 0.3) is 0 Å². The van der Waals surface area contributed by atoms with Gasteiger partial charge < -0.3 is 5.84 Å². The summed E-state index contributed by atoms with van der Waals surface area (Å²) in [6, 6.07) is 15.8. The van der Waals surface area contributed by atoms with Gasteiger partial charge in [-0.2, -0.15) is 5.10 Å². The summed E-state index contributed by atoms with van der Waals surface area (Å²) in [5.41, 5.74) is 2.80. The van der Waals surface area contributed by atoms with Crippen molar-refractivity contribution in [3.05, 3.63) is 66.0 Å². The third kappa shape index (κ3) is 2.45. The monoisotopic (exact) mass is 211 g/mol. The highest BCUT2D eigenvalue weighted by atomic mass is 15.1. The second-order valence-electron chi connectivity index (χ2n) is 3.45. The molecule has 80 valence electrons. The van der Waals surface area contributed by atoms with Crippen molar-refractivity contribution in [2.24, 2.45) is 10.9 Å². The van der Waals surface area contributed by atoms with Crippen molar-refractivity contribution < 1.29 is 0 Å². The van der Waals surface area contributed by atoms with Crippen molar-refractivity contribution in [2.45, 2.75) is 6.42 Å². The van der Waals surface area contributed by atoms with E-state index in [1.807, 2.05) is 48.5 Å². The summed E-state index contributed by atoms with van der Waals surface area (Å²) in [7, 11) is 0. The van der Waals surface area contributed by atoms with Crippen LogP contribution in [0.15, 0.2) is 59.8 Å². The van der Waals surface area contributed by atoms with Crippen molar-refractivity contribution in [3.63, 3.8) is 0 Å². The van der Waals surface area contributed by atoms with Gasteiger partial charge in [0.05, 0.1) is 11.4 Å². The summed E-state index contributed by atoms with van der Waals surface area (Å²) in [4.78, 5) is 4.24. The van der Waals surface area contributed by atoms with Gasteiger partial charge in [0.1, 0.15) is 0 Å². The third-order valence-electron chi connectivity index (χ3n) is 2.33. The summed E-state index contributed by atoms with van der Waals surface area (Å²) in [6.45, 7) is 0. The molecule has 0 atom stereocenters. The maximum atomic E-state index is 5.40. The fraction of sp³-hybridized carbons (Fsp3) is 0.0769. The molecule has 1 aromatic heterocycles. The molecule has 0 aliphatic rings. The Morgan fingerprint density at radius 3 is 2.44 bits per heavy atom. The van der Waals surface area contributed by atoms with Gasteiger partial charge in [0, 0.05) is 12.6 Å². The van der Waals surface area contributed by atoms with Gasteiger partial charge in [-0.15, -0.1) is 0 Å². The number of aromatic nitrogens is 1. The first-order valence-electron chi connectivity index (χ1n) is 5.12. The van der Waals surface area contributed by atoms with E-state index in [1.54, 1.807) is 6.20 Å². The zero-order valence-electron chi connectivity index (χ0n) is 8.88. The Labute approximate surface area is 94.6 Å². The molecule has 0 radical (unpaired) electrons. The van der Waals surface area contributed by atoms with Crippen molar-refractivity contribution in [1.82, 2.24) is 4.98 Å². The maximum Gasteiger partial charge on any atom is 0.0900 e. The summed E-state index contributed by atoms with van der Waals surface area (Å²) in [5.74, 6) is 5.40. The molecular weight excluding hydrogens is 198 g/mol. The Kier molecular flexibility index (Phi) is 3.28. The predicted octanol–water partition coefficient (Wildman–Crippen LogP) is 1.99. The normalized spacial score (nSPS) is 11.4. The highest BCUT2D eigenvalue weighted by molar-refractivity contribution is 6.00. The minimum absolute atomic E-state index is 0.703. The highest BCUT2D eigenvalue weighted by Crippen LogP contribution is 2.05. The second-order valence-corrected chi connectivity index (χ2v) is 3.45. The van der Waals surface area contributed by atoms with Crippen LogP contribution >= 0.6 is 0 Å². The molecule has 0 bridgehead atoms. The SMILES string of the molecule is NN=C(Cc1ccccc1)c1ccccn1. The molecule has 1 aromatic carbocycles. The van der Waals surface area contributed by atoms with E-state index < -0.39 is 0 Å². The summed E-state index contributed by atoms with van der Waals surface area (Å²) < 4.78 is 0. The van der Waals surface area contributed by atoms with Gasteiger partial charge in [-0.25, -0.2) is 0 Å². The zero-order chi connectivity index (χ0) is 11.2. The van der Waals surface area contributed by atoms with E-state index in [4.69, 9.17) is 5.84 Å². The zero-order valence-corrected chi connectivity index (χ0v) is 8.88. The summed E-state index contributed by atoms with van der Waals surface area (Å²) >= 11 is 0. The van der Waals surface area contributed by atoms with Gasteiger partial charge in [0.2, 0.25) is 0 Å². The molecule has 0 spiro atoms. The van der Waals surface area contributed by atoms with Crippen LogP contribution in [-0.2, 0) is 6.42 Å². The van der Waals surface area contributed by atoms with E-state index in [-0.39, 0.29) is 0 Å². The Morgan fingerprint density at radius 2 is 1.81 bits per heavy atom. The lowest BCUT2D eigenvalue weighted by atomic mass is 10.1. The summed E-state index contributed by atoms with van der Waals surface area (Å²) in [6.07, 6.45) is 2.44. The van der Waals surface area contributed by atoms with Crippen LogP contribution in [0.4, 0.5) is 0 Å². The van der Waals surface area contributed by atoms with Crippen LogP contribution in [0.25, 0.3) is 0 Å². The van der Waals surface area contributed by atoms with Gasteiger partial charge in [-0.05, 0) is 17.7 Å². The van der Waals surface area contributed by atoms with Crippen molar-refractivity contribution >= 4 is 5.71 Å². The quantitative estimate of drug-likeness (QED) is 0.479. The van der Waals surface area contributed by atoms with E-state index in [2.05, 4.69) is 10.1 Å². The molecule has 0 saturated heterocycles. The first-order chi connectivity index (χ1) is 7.90. The van der Waals surface area contributed by atoms with Crippen molar-refractivity contribution in [3.8, 4) is 0 Å². The molecule has 0 fully saturated rings. The second kappa shape index (κ2) is 5.07. The minimum Gasteiger partial charge on any atom is -0.323 e. The third-order valence-corrected chi connectivity index (χ3v) is 2.33. The van der Waals surface area contributed by atoms with E-state index in [1.165, 1.54) is 5.56 Å². The molecule has 0 aliphatic heterocycles. The van der Waals surface area contributed by atoms with Gasteiger partial charge in [0.15, 0.2) is 0 Å². The number of hydrazone groups is 1. The van der Waals surface area contributed by atoms with Gasteiger partial charge in [-0.3, -0.25) is 4.98 Å². The molecule has 0 amide bonds. The number of nitrogens with two attached hydrogens (primary N) is 1. The van der Waals surface area contributed by atoms with Gasteiger partial charge in [-0.1, -0.05) is 36.4 Å². The number of pyridine rings is 1. The molecule has 2 aromatic rings. The lowest BCUT2D eigenvalue weighted by molar-refractivity contribution is 1.16. The molecule has 2 N–H and O–H groups in total. The number of rotatable bonds is 3. The lowest BCUT2D eigenvalue weighted by Gasteiger charge is -2.04. The molecular formula is C13H13N3. The first kappa shape index (κ1) is 10.4. The molecule has 2 rings (SSSR count). The van der Waals surface area contributed by atoms with Crippen LogP contribution in [0.5, 0.6) is 0 Å². The smallest absolute Gasteiger partial charge is 0.0900 e. The van der Waals surface area contributed by atoms with Crippen LogP contribution in [0.2, 0.25) is 0 Å². The van der Waals surface area contributed by atoms with Crippen LogP contribution in [0.1, 0.15) is 11.3 Å². The Morgan fingerprint density at radius 1 is 1.06 bits per heavy atom. The van der Waals surface area contributed by atoms with Crippen LogP contribution in [0.3, 0.4) is 0 Å². The lowest BCUT2D eigenvalue weighted by Crippen LogP contribution is -2.09. The molecule has 0 aliphatic carbocycles.